The van der Waals surface area contributed by atoms with Crippen molar-refractivity contribution in [2.24, 2.45) is 16.7 Å². The van der Waals surface area contributed by atoms with E-state index in [2.05, 4.69) is 6.58 Å². The molecule has 1 heterocycles. The van der Waals surface area contributed by atoms with Crippen LogP contribution in [0.1, 0.15) is 60.3 Å². The molecule has 1 saturated heterocycles. The number of hydrogen-bond acceptors (Lipinski definition) is 5. The minimum absolute atomic E-state index is 0.00808. The van der Waals surface area contributed by atoms with Crippen molar-refractivity contribution in [3.63, 3.8) is 0 Å². The van der Waals surface area contributed by atoms with E-state index in [1.54, 1.807) is 26.8 Å². The number of fused-ring (bicyclic) bond motifs is 3. The summed E-state index contributed by atoms with van der Waals surface area (Å²) in [6.07, 6.45) is 1.29. The van der Waals surface area contributed by atoms with E-state index in [1.807, 2.05) is 13.8 Å². The molecule has 3 aliphatic rings. The Balaban J connectivity index is 2.23. The summed E-state index contributed by atoms with van der Waals surface area (Å²) in [5.41, 5.74) is -5.52. The van der Waals surface area contributed by atoms with Crippen LogP contribution in [-0.2, 0) is 9.53 Å². The summed E-state index contributed by atoms with van der Waals surface area (Å²) in [6.45, 7) is 13.1. The Labute approximate surface area is 150 Å². The van der Waals surface area contributed by atoms with Crippen molar-refractivity contribution >= 4 is 5.78 Å². The zero-order valence-electron chi connectivity index (χ0n) is 16.0. The summed E-state index contributed by atoms with van der Waals surface area (Å²) in [5, 5.41) is 33.8. The van der Waals surface area contributed by atoms with Gasteiger partial charge in [0.2, 0.25) is 0 Å². The second-order valence-electron chi connectivity index (χ2n) is 9.73. The summed E-state index contributed by atoms with van der Waals surface area (Å²) < 4.78 is 6.23. The van der Waals surface area contributed by atoms with Gasteiger partial charge in [0.25, 0.3) is 0 Å². The summed E-state index contributed by atoms with van der Waals surface area (Å²) in [6, 6.07) is 0. The number of ketones is 1. The van der Waals surface area contributed by atoms with Gasteiger partial charge in [0.1, 0.15) is 5.60 Å². The van der Waals surface area contributed by atoms with E-state index in [-0.39, 0.29) is 24.0 Å². The molecule has 0 aromatic rings. The molecule has 7 atom stereocenters. The fourth-order valence-electron chi connectivity index (χ4n) is 6.43. The van der Waals surface area contributed by atoms with Crippen LogP contribution in [0.15, 0.2) is 12.7 Å². The second-order valence-corrected chi connectivity index (χ2v) is 9.73. The third kappa shape index (κ3) is 2.13. The molecule has 0 aromatic carbocycles. The van der Waals surface area contributed by atoms with Crippen molar-refractivity contribution < 1.29 is 24.9 Å². The Bertz CT molecular complexity index is 615. The standard InChI is InChI=1S/C20H32O5/c1-7-17(4)11-14(23)20(24)18(5,25-17)10-12(21)15-16(2,3)9-8-13(22)19(15,20)6/h7,12-13,15,21-22,24H,1,8-11H2,2-6H3/t12-,13+,15+,17+,18-,19+,20-/m1/s1. The first-order chi connectivity index (χ1) is 11.3. The molecule has 1 aliphatic heterocycles. The normalized spacial score (nSPS) is 55.2. The van der Waals surface area contributed by atoms with E-state index >= 15 is 0 Å². The molecule has 2 aliphatic carbocycles. The second kappa shape index (κ2) is 5.16. The zero-order valence-corrected chi connectivity index (χ0v) is 16.0. The first kappa shape index (κ1) is 19.0. The summed E-state index contributed by atoms with van der Waals surface area (Å²) in [5.74, 6) is -0.734. The van der Waals surface area contributed by atoms with Crippen molar-refractivity contribution in [3.05, 3.63) is 12.7 Å². The highest BCUT2D eigenvalue weighted by Crippen LogP contribution is 2.66. The van der Waals surface area contributed by atoms with Gasteiger partial charge in [0.15, 0.2) is 11.4 Å². The maximum atomic E-state index is 13.3. The van der Waals surface area contributed by atoms with Gasteiger partial charge in [-0.05, 0) is 32.1 Å². The Morgan fingerprint density at radius 1 is 1.20 bits per heavy atom. The van der Waals surface area contributed by atoms with Gasteiger partial charge >= 0.3 is 0 Å². The summed E-state index contributed by atoms with van der Waals surface area (Å²) in [7, 11) is 0. The van der Waals surface area contributed by atoms with Crippen molar-refractivity contribution in [3.8, 4) is 0 Å². The van der Waals surface area contributed by atoms with E-state index in [9.17, 15) is 20.1 Å². The summed E-state index contributed by atoms with van der Waals surface area (Å²) >= 11 is 0. The molecule has 0 unspecified atom stereocenters. The summed E-state index contributed by atoms with van der Waals surface area (Å²) in [4.78, 5) is 13.3. The third-order valence-corrected chi connectivity index (χ3v) is 7.58. The minimum Gasteiger partial charge on any atom is -0.393 e. The highest BCUT2D eigenvalue weighted by molar-refractivity contribution is 5.92. The van der Waals surface area contributed by atoms with E-state index < -0.39 is 40.3 Å². The molecule has 0 radical (unpaired) electrons. The van der Waals surface area contributed by atoms with Crippen LogP contribution < -0.4 is 0 Å². The number of rotatable bonds is 1. The van der Waals surface area contributed by atoms with Crippen LogP contribution in [0, 0.1) is 16.7 Å². The fourth-order valence-corrected chi connectivity index (χ4v) is 6.43. The molecule has 142 valence electrons. The van der Waals surface area contributed by atoms with E-state index in [0.717, 1.165) is 6.42 Å². The first-order valence-electron chi connectivity index (χ1n) is 9.23. The number of Topliss-reactive ketones (excluding diaryl/α,β-unsaturated/α-hetero) is 1. The van der Waals surface area contributed by atoms with Crippen molar-refractivity contribution in [1.82, 2.24) is 0 Å². The molecular formula is C20H32O5. The van der Waals surface area contributed by atoms with Gasteiger partial charge < -0.3 is 20.1 Å². The third-order valence-electron chi connectivity index (χ3n) is 7.58. The lowest BCUT2D eigenvalue weighted by Crippen LogP contribution is -2.82. The van der Waals surface area contributed by atoms with Crippen LogP contribution in [0.2, 0.25) is 0 Å². The van der Waals surface area contributed by atoms with Crippen LogP contribution in [0.5, 0.6) is 0 Å². The molecule has 0 aromatic heterocycles. The smallest absolute Gasteiger partial charge is 0.171 e. The average Bonchev–Trinajstić information content (AvgIpc) is 2.47. The van der Waals surface area contributed by atoms with Crippen LogP contribution in [0.25, 0.3) is 0 Å². The molecule has 5 nitrogen and oxygen atoms in total. The maximum Gasteiger partial charge on any atom is 0.171 e. The van der Waals surface area contributed by atoms with Crippen molar-refractivity contribution in [1.29, 1.82) is 0 Å². The van der Waals surface area contributed by atoms with Crippen LogP contribution >= 0.6 is 0 Å². The van der Waals surface area contributed by atoms with E-state index in [1.165, 1.54) is 0 Å². The number of hydrogen-bond donors (Lipinski definition) is 3. The SMILES string of the molecule is C=C[C@@]1(C)CC(=O)[C@]2(O)[C@@]3(C)[C@@H](O)CCC(C)(C)[C@@H]3[C@H](O)C[C@@]2(C)O1. The first-order valence-corrected chi connectivity index (χ1v) is 9.23. The molecule has 3 rings (SSSR count). The fraction of sp³-hybridized carbons (Fsp3) is 0.850. The Morgan fingerprint density at radius 3 is 2.36 bits per heavy atom. The lowest BCUT2D eigenvalue weighted by molar-refractivity contribution is -0.341. The van der Waals surface area contributed by atoms with Gasteiger partial charge in [-0.3, -0.25) is 4.79 Å². The van der Waals surface area contributed by atoms with Gasteiger partial charge in [-0.2, -0.15) is 0 Å². The van der Waals surface area contributed by atoms with E-state index in [4.69, 9.17) is 4.74 Å². The number of carbonyl (C=O) groups excluding carboxylic acids is 1. The van der Waals surface area contributed by atoms with Gasteiger partial charge in [-0.15, -0.1) is 6.58 Å². The van der Waals surface area contributed by atoms with Gasteiger partial charge in [-0.1, -0.05) is 26.8 Å². The predicted octanol–water partition coefficient (Wildman–Crippen LogP) is 1.98. The zero-order chi connectivity index (χ0) is 19.1. The quantitative estimate of drug-likeness (QED) is 0.628. The monoisotopic (exact) mass is 352 g/mol. The topological polar surface area (TPSA) is 87.0 Å². The van der Waals surface area contributed by atoms with Crippen LogP contribution in [0.3, 0.4) is 0 Å². The largest absolute Gasteiger partial charge is 0.393 e. The number of aliphatic hydroxyl groups excluding tert-OH is 2. The highest BCUT2D eigenvalue weighted by Gasteiger charge is 2.77. The maximum absolute atomic E-state index is 13.3. The van der Waals surface area contributed by atoms with Gasteiger partial charge in [-0.25, -0.2) is 0 Å². The number of ether oxygens (including phenoxy) is 1. The molecule has 3 fully saturated rings. The molecule has 0 spiro atoms. The molecule has 0 amide bonds. The molecule has 25 heavy (non-hydrogen) atoms. The Kier molecular flexibility index (Phi) is 3.92. The van der Waals surface area contributed by atoms with Gasteiger partial charge in [0.05, 0.1) is 17.8 Å². The Hall–Kier alpha value is -0.750. The molecular weight excluding hydrogens is 320 g/mol. The molecule has 0 bridgehead atoms. The highest BCUT2D eigenvalue weighted by atomic mass is 16.5. The lowest BCUT2D eigenvalue weighted by atomic mass is 9.40. The Morgan fingerprint density at radius 2 is 1.80 bits per heavy atom. The number of carbonyl (C=O) groups is 1. The molecule has 3 N–H and O–H groups in total. The molecule has 5 heteroatoms. The number of aliphatic hydroxyl groups is 3. The predicted molar refractivity (Wildman–Crippen MR) is 93.9 cm³/mol. The van der Waals surface area contributed by atoms with Crippen LogP contribution in [0.4, 0.5) is 0 Å². The molecule has 2 saturated carbocycles. The van der Waals surface area contributed by atoms with Crippen LogP contribution in [-0.4, -0.2) is 50.1 Å². The van der Waals surface area contributed by atoms with Crippen molar-refractivity contribution in [2.45, 2.75) is 89.3 Å². The van der Waals surface area contributed by atoms with Crippen molar-refractivity contribution in [2.75, 3.05) is 0 Å². The van der Waals surface area contributed by atoms with Gasteiger partial charge in [0, 0.05) is 24.2 Å². The minimum atomic E-state index is -1.86. The van der Waals surface area contributed by atoms with E-state index in [0.29, 0.717) is 6.42 Å². The average molecular weight is 352 g/mol. The lowest BCUT2D eigenvalue weighted by Gasteiger charge is -2.69.